The summed E-state index contributed by atoms with van der Waals surface area (Å²) in [7, 11) is 0. The predicted octanol–water partition coefficient (Wildman–Crippen LogP) is 3.82. The van der Waals surface area contributed by atoms with E-state index in [-0.39, 0.29) is 6.10 Å². The van der Waals surface area contributed by atoms with Crippen molar-refractivity contribution in [3.05, 3.63) is 0 Å². The van der Waals surface area contributed by atoms with E-state index in [1.807, 2.05) is 13.8 Å². The van der Waals surface area contributed by atoms with Crippen LogP contribution in [0.1, 0.15) is 66.7 Å². The summed E-state index contributed by atoms with van der Waals surface area (Å²) in [6.07, 6.45) is 4.90. The standard InChI is InChI=1S/C10H20O.C5H10O/c1-7(2)9-5-4-8(3)6-10(9)11;1-3-5(6)4-2/h7-11H,4-6H2,1-3H3;3-4H2,1-2H3. The Morgan fingerprint density at radius 1 is 1.24 bits per heavy atom. The number of ketones is 1. The molecule has 0 saturated heterocycles. The van der Waals surface area contributed by atoms with Gasteiger partial charge < -0.3 is 5.11 Å². The van der Waals surface area contributed by atoms with E-state index >= 15 is 0 Å². The molecule has 3 unspecified atom stereocenters. The van der Waals surface area contributed by atoms with Gasteiger partial charge in [-0.1, -0.05) is 41.0 Å². The summed E-state index contributed by atoms with van der Waals surface area (Å²) in [5, 5.41) is 9.71. The second kappa shape index (κ2) is 8.68. The molecule has 0 aromatic carbocycles. The minimum absolute atomic E-state index is 0.0289. The van der Waals surface area contributed by atoms with Crippen LogP contribution < -0.4 is 0 Å². The largest absolute Gasteiger partial charge is 0.393 e. The van der Waals surface area contributed by atoms with Crippen LogP contribution in [0.15, 0.2) is 0 Å². The first-order valence-corrected chi connectivity index (χ1v) is 7.12. The quantitative estimate of drug-likeness (QED) is 0.817. The fourth-order valence-electron chi connectivity index (χ4n) is 2.40. The molecule has 102 valence electrons. The van der Waals surface area contributed by atoms with Crippen LogP contribution >= 0.6 is 0 Å². The normalized spacial score (nSPS) is 28.5. The van der Waals surface area contributed by atoms with Crippen LogP contribution in [-0.4, -0.2) is 17.0 Å². The van der Waals surface area contributed by atoms with Gasteiger partial charge in [0.25, 0.3) is 0 Å². The number of carbonyl (C=O) groups is 1. The van der Waals surface area contributed by atoms with Crippen molar-refractivity contribution in [1.82, 2.24) is 0 Å². The molecule has 0 bridgehead atoms. The number of hydrogen-bond acceptors (Lipinski definition) is 2. The molecule has 2 heteroatoms. The second-order valence-corrected chi connectivity index (χ2v) is 5.64. The van der Waals surface area contributed by atoms with Crippen molar-refractivity contribution >= 4 is 5.78 Å². The van der Waals surface area contributed by atoms with E-state index < -0.39 is 0 Å². The Morgan fingerprint density at radius 2 is 1.76 bits per heavy atom. The molecule has 0 aliphatic heterocycles. The van der Waals surface area contributed by atoms with E-state index in [0.717, 1.165) is 12.3 Å². The third-order valence-electron chi connectivity index (χ3n) is 3.78. The highest BCUT2D eigenvalue weighted by atomic mass is 16.3. The molecule has 0 spiro atoms. The van der Waals surface area contributed by atoms with Crippen LogP contribution in [0.5, 0.6) is 0 Å². The number of rotatable bonds is 3. The van der Waals surface area contributed by atoms with Crippen molar-refractivity contribution in [2.45, 2.75) is 72.8 Å². The van der Waals surface area contributed by atoms with Gasteiger partial charge in [0.2, 0.25) is 0 Å². The summed E-state index contributed by atoms with van der Waals surface area (Å²) in [5.74, 6) is 2.29. The van der Waals surface area contributed by atoms with Crippen molar-refractivity contribution in [3.63, 3.8) is 0 Å². The molecular formula is C15H30O2. The van der Waals surface area contributed by atoms with Gasteiger partial charge >= 0.3 is 0 Å². The molecule has 1 aliphatic carbocycles. The fourth-order valence-corrected chi connectivity index (χ4v) is 2.40. The Kier molecular flexibility index (Phi) is 8.49. The van der Waals surface area contributed by atoms with Gasteiger partial charge in [-0.15, -0.1) is 0 Å². The maximum absolute atomic E-state index is 10.2. The predicted molar refractivity (Wildman–Crippen MR) is 72.9 cm³/mol. The monoisotopic (exact) mass is 242 g/mol. The average molecular weight is 242 g/mol. The maximum atomic E-state index is 10.2. The van der Waals surface area contributed by atoms with Crippen molar-refractivity contribution in [1.29, 1.82) is 0 Å². The minimum atomic E-state index is -0.0289. The molecule has 1 saturated carbocycles. The van der Waals surface area contributed by atoms with Gasteiger partial charge in [0.15, 0.2) is 0 Å². The molecule has 0 aromatic rings. The second-order valence-electron chi connectivity index (χ2n) is 5.64. The lowest BCUT2D eigenvalue weighted by molar-refractivity contribution is -0.118. The summed E-state index contributed by atoms with van der Waals surface area (Å²) in [6, 6.07) is 0. The first-order chi connectivity index (χ1) is 7.92. The SMILES string of the molecule is CC1CCC(C(C)C)C(O)C1.CCC(=O)CC. The first kappa shape index (κ1) is 16.6. The Hall–Kier alpha value is -0.370. The number of carbonyl (C=O) groups excluding carboxylic acids is 1. The van der Waals surface area contributed by atoms with Crippen LogP contribution in [0.3, 0.4) is 0 Å². The summed E-state index contributed by atoms with van der Waals surface area (Å²) in [5.41, 5.74) is 0. The molecule has 1 N–H and O–H groups in total. The number of aliphatic hydroxyl groups excluding tert-OH is 1. The molecule has 0 amide bonds. The van der Waals surface area contributed by atoms with Crippen molar-refractivity contribution in [2.75, 3.05) is 0 Å². The Bertz CT molecular complexity index is 205. The smallest absolute Gasteiger partial charge is 0.132 e. The first-order valence-electron chi connectivity index (χ1n) is 7.12. The average Bonchev–Trinajstić information content (AvgIpc) is 2.28. The summed E-state index contributed by atoms with van der Waals surface area (Å²) < 4.78 is 0. The zero-order valence-corrected chi connectivity index (χ0v) is 12.2. The van der Waals surface area contributed by atoms with Gasteiger partial charge in [0, 0.05) is 12.8 Å². The summed E-state index contributed by atoms with van der Waals surface area (Å²) in [6.45, 7) is 10.4. The molecular weight excluding hydrogens is 212 g/mol. The van der Waals surface area contributed by atoms with E-state index in [9.17, 15) is 9.90 Å². The molecule has 3 atom stereocenters. The van der Waals surface area contributed by atoms with E-state index in [2.05, 4.69) is 20.8 Å². The van der Waals surface area contributed by atoms with Gasteiger partial charge in [0.1, 0.15) is 5.78 Å². The van der Waals surface area contributed by atoms with Gasteiger partial charge in [-0.2, -0.15) is 0 Å². The van der Waals surface area contributed by atoms with Crippen LogP contribution in [0, 0.1) is 17.8 Å². The molecule has 1 fully saturated rings. The Labute approximate surface area is 107 Å². The van der Waals surface area contributed by atoms with Crippen molar-refractivity contribution < 1.29 is 9.90 Å². The molecule has 1 aliphatic rings. The van der Waals surface area contributed by atoms with Crippen molar-refractivity contribution in [2.24, 2.45) is 17.8 Å². The number of aliphatic hydroxyl groups is 1. The Balaban J connectivity index is 0.000000366. The molecule has 0 radical (unpaired) electrons. The van der Waals surface area contributed by atoms with Gasteiger partial charge in [-0.3, -0.25) is 4.79 Å². The van der Waals surface area contributed by atoms with Crippen LogP contribution in [0.2, 0.25) is 0 Å². The lowest BCUT2D eigenvalue weighted by Crippen LogP contribution is -2.31. The number of Topliss-reactive ketones (excluding diaryl/α,β-unsaturated/α-hetero) is 1. The zero-order chi connectivity index (χ0) is 13.4. The lowest BCUT2D eigenvalue weighted by Gasteiger charge is -2.33. The highest BCUT2D eigenvalue weighted by Crippen LogP contribution is 2.33. The minimum Gasteiger partial charge on any atom is -0.393 e. The number of hydrogen-bond donors (Lipinski definition) is 1. The molecule has 1 rings (SSSR count). The lowest BCUT2D eigenvalue weighted by atomic mass is 9.75. The fraction of sp³-hybridized carbons (Fsp3) is 0.933. The van der Waals surface area contributed by atoms with E-state index in [4.69, 9.17) is 0 Å². The molecule has 2 nitrogen and oxygen atoms in total. The molecule has 0 aromatic heterocycles. The van der Waals surface area contributed by atoms with Crippen molar-refractivity contribution in [3.8, 4) is 0 Å². The van der Waals surface area contributed by atoms with E-state index in [1.54, 1.807) is 0 Å². The van der Waals surface area contributed by atoms with Gasteiger partial charge in [-0.25, -0.2) is 0 Å². The topological polar surface area (TPSA) is 37.3 Å². The molecule has 17 heavy (non-hydrogen) atoms. The third kappa shape index (κ3) is 6.82. The van der Waals surface area contributed by atoms with E-state index in [0.29, 0.717) is 30.5 Å². The summed E-state index contributed by atoms with van der Waals surface area (Å²) in [4.78, 5) is 10.2. The third-order valence-corrected chi connectivity index (χ3v) is 3.78. The van der Waals surface area contributed by atoms with Crippen LogP contribution in [-0.2, 0) is 4.79 Å². The van der Waals surface area contributed by atoms with Crippen LogP contribution in [0.25, 0.3) is 0 Å². The highest BCUT2D eigenvalue weighted by Gasteiger charge is 2.28. The molecule has 0 heterocycles. The zero-order valence-electron chi connectivity index (χ0n) is 12.2. The maximum Gasteiger partial charge on any atom is 0.132 e. The Morgan fingerprint density at radius 3 is 2.06 bits per heavy atom. The highest BCUT2D eigenvalue weighted by molar-refractivity contribution is 5.77. The van der Waals surface area contributed by atoms with Crippen LogP contribution in [0.4, 0.5) is 0 Å². The van der Waals surface area contributed by atoms with Gasteiger partial charge in [-0.05, 0) is 30.6 Å². The summed E-state index contributed by atoms with van der Waals surface area (Å²) >= 11 is 0. The van der Waals surface area contributed by atoms with Gasteiger partial charge in [0.05, 0.1) is 6.10 Å². The van der Waals surface area contributed by atoms with E-state index in [1.165, 1.54) is 12.8 Å².